The minimum Gasteiger partial charge on any atom is -0.166 e. The van der Waals surface area contributed by atoms with Crippen molar-refractivity contribution >= 4 is 23.2 Å². The van der Waals surface area contributed by atoms with Crippen molar-refractivity contribution in [1.82, 2.24) is 0 Å². The molecule has 0 amide bonds. The molecule has 130 valence electrons. The average molecular weight is 387 g/mol. The van der Waals surface area contributed by atoms with Crippen molar-refractivity contribution in [3.8, 4) is 11.1 Å². The van der Waals surface area contributed by atoms with Gasteiger partial charge < -0.3 is 0 Å². The van der Waals surface area contributed by atoms with Gasteiger partial charge in [0, 0.05) is 0 Å². The molecule has 2 aromatic carbocycles. The van der Waals surface area contributed by atoms with Gasteiger partial charge in [-0.05, 0) is 54.3 Å². The number of hydrogen-bond acceptors (Lipinski definition) is 0. The van der Waals surface area contributed by atoms with Crippen molar-refractivity contribution in [3.05, 3.63) is 56.6 Å². The van der Waals surface area contributed by atoms with Gasteiger partial charge in [-0.3, -0.25) is 0 Å². The maximum absolute atomic E-state index is 13.4. The molecule has 8 heteroatoms. The third kappa shape index (κ3) is 3.49. The SMILES string of the molecule is Cc1cc(-c2c(C)ccc(Cl)c2C(F)(F)F)cc(C(F)(F)F)c1Cl. The monoisotopic (exact) mass is 386 g/mol. The van der Waals surface area contributed by atoms with Crippen LogP contribution in [0.4, 0.5) is 26.3 Å². The lowest BCUT2D eigenvalue weighted by Crippen LogP contribution is -2.11. The van der Waals surface area contributed by atoms with E-state index in [0.717, 1.165) is 6.07 Å². The van der Waals surface area contributed by atoms with Crippen LogP contribution >= 0.6 is 23.2 Å². The highest BCUT2D eigenvalue weighted by molar-refractivity contribution is 6.32. The van der Waals surface area contributed by atoms with Gasteiger partial charge in [0.25, 0.3) is 0 Å². The number of hydrogen-bond donors (Lipinski definition) is 0. The van der Waals surface area contributed by atoms with Gasteiger partial charge in [0.05, 0.1) is 21.2 Å². The third-order valence-electron chi connectivity index (χ3n) is 3.49. The van der Waals surface area contributed by atoms with Gasteiger partial charge in [-0.15, -0.1) is 0 Å². The lowest BCUT2D eigenvalue weighted by Gasteiger charge is -2.19. The molecular formula is C16H10Cl2F6. The quantitative estimate of drug-likeness (QED) is 0.450. The summed E-state index contributed by atoms with van der Waals surface area (Å²) in [5.41, 5.74) is -2.81. The van der Waals surface area contributed by atoms with E-state index in [4.69, 9.17) is 23.2 Å². The minimum atomic E-state index is -4.82. The molecule has 0 N–H and O–H groups in total. The Morgan fingerprint density at radius 2 is 1.38 bits per heavy atom. The zero-order valence-electron chi connectivity index (χ0n) is 12.3. The Hall–Kier alpha value is -1.40. The van der Waals surface area contributed by atoms with E-state index in [1.54, 1.807) is 0 Å². The fourth-order valence-corrected chi connectivity index (χ4v) is 2.93. The summed E-state index contributed by atoms with van der Waals surface area (Å²) >= 11 is 11.3. The van der Waals surface area contributed by atoms with E-state index < -0.39 is 33.5 Å². The number of halogens is 8. The Kier molecular flexibility index (Phi) is 4.85. The third-order valence-corrected chi connectivity index (χ3v) is 4.31. The summed E-state index contributed by atoms with van der Waals surface area (Å²) in [5.74, 6) is 0. The van der Waals surface area contributed by atoms with Crippen LogP contribution in [0.25, 0.3) is 11.1 Å². The number of benzene rings is 2. The summed E-state index contributed by atoms with van der Waals surface area (Å²) < 4.78 is 79.4. The molecule has 2 aromatic rings. The zero-order chi connectivity index (χ0) is 18.4. The van der Waals surface area contributed by atoms with Crippen LogP contribution in [-0.4, -0.2) is 0 Å². The highest BCUT2D eigenvalue weighted by Gasteiger charge is 2.39. The van der Waals surface area contributed by atoms with Crippen molar-refractivity contribution in [3.63, 3.8) is 0 Å². The van der Waals surface area contributed by atoms with Crippen LogP contribution in [0, 0.1) is 13.8 Å². The zero-order valence-corrected chi connectivity index (χ0v) is 13.8. The van der Waals surface area contributed by atoms with E-state index in [-0.39, 0.29) is 22.3 Å². The second-order valence-electron chi connectivity index (χ2n) is 5.26. The largest absolute Gasteiger partial charge is 0.418 e. The molecule has 0 aliphatic carbocycles. The highest BCUT2D eigenvalue weighted by Crippen LogP contribution is 2.45. The highest BCUT2D eigenvalue weighted by atomic mass is 35.5. The summed E-state index contributed by atoms with van der Waals surface area (Å²) in [5, 5.41) is -1.12. The molecule has 0 heterocycles. The first kappa shape index (κ1) is 18.9. The van der Waals surface area contributed by atoms with Gasteiger partial charge in [0.1, 0.15) is 0 Å². The maximum Gasteiger partial charge on any atom is 0.418 e. The summed E-state index contributed by atoms with van der Waals surface area (Å²) in [6.07, 6.45) is -9.60. The Balaban J connectivity index is 2.88. The first-order chi connectivity index (χ1) is 10.8. The van der Waals surface area contributed by atoms with Crippen LogP contribution in [-0.2, 0) is 12.4 Å². The van der Waals surface area contributed by atoms with E-state index in [1.807, 2.05) is 0 Å². The molecular weight excluding hydrogens is 377 g/mol. The standard InChI is InChI=1S/C16H10Cl2F6/c1-7-3-4-11(17)13(16(22,23)24)12(7)9-5-8(2)14(18)10(6-9)15(19,20)21/h3-6H,1-2H3. The molecule has 0 atom stereocenters. The van der Waals surface area contributed by atoms with E-state index in [1.165, 1.54) is 26.0 Å². The maximum atomic E-state index is 13.4. The van der Waals surface area contributed by atoms with Gasteiger partial charge in [-0.2, -0.15) is 26.3 Å². The number of aryl methyl sites for hydroxylation is 2. The fraction of sp³-hybridized carbons (Fsp3) is 0.250. The van der Waals surface area contributed by atoms with Crippen molar-refractivity contribution in [2.75, 3.05) is 0 Å². The van der Waals surface area contributed by atoms with Crippen molar-refractivity contribution < 1.29 is 26.3 Å². The fourth-order valence-electron chi connectivity index (χ4n) is 2.45. The molecule has 24 heavy (non-hydrogen) atoms. The summed E-state index contributed by atoms with van der Waals surface area (Å²) in [6.45, 7) is 2.67. The van der Waals surface area contributed by atoms with Gasteiger partial charge >= 0.3 is 12.4 Å². The molecule has 0 spiro atoms. The number of alkyl halides is 6. The van der Waals surface area contributed by atoms with Gasteiger partial charge in [-0.1, -0.05) is 29.3 Å². The lowest BCUT2D eigenvalue weighted by molar-refractivity contribution is -0.137. The van der Waals surface area contributed by atoms with E-state index in [9.17, 15) is 26.3 Å². The van der Waals surface area contributed by atoms with Crippen LogP contribution in [0.1, 0.15) is 22.3 Å². The van der Waals surface area contributed by atoms with Crippen LogP contribution in [0.15, 0.2) is 24.3 Å². The minimum absolute atomic E-state index is 0.0222. The van der Waals surface area contributed by atoms with E-state index in [0.29, 0.717) is 6.07 Å². The van der Waals surface area contributed by atoms with Gasteiger partial charge in [0.15, 0.2) is 0 Å². The molecule has 0 nitrogen and oxygen atoms in total. The summed E-state index contributed by atoms with van der Waals surface area (Å²) in [6, 6.07) is 4.19. The summed E-state index contributed by atoms with van der Waals surface area (Å²) in [7, 11) is 0. The van der Waals surface area contributed by atoms with Gasteiger partial charge in [0.2, 0.25) is 0 Å². The molecule has 0 saturated carbocycles. The van der Waals surface area contributed by atoms with Crippen molar-refractivity contribution in [2.45, 2.75) is 26.2 Å². The Bertz CT molecular complexity index is 791. The topological polar surface area (TPSA) is 0 Å². The average Bonchev–Trinajstić information content (AvgIpc) is 2.41. The lowest BCUT2D eigenvalue weighted by atomic mass is 9.92. The second-order valence-corrected chi connectivity index (χ2v) is 6.05. The number of rotatable bonds is 1. The normalized spacial score (nSPS) is 12.6. The van der Waals surface area contributed by atoms with E-state index >= 15 is 0 Å². The predicted molar refractivity (Wildman–Crippen MR) is 81.4 cm³/mol. The van der Waals surface area contributed by atoms with Crippen molar-refractivity contribution in [2.24, 2.45) is 0 Å². The van der Waals surface area contributed by atoms with Crippen LogP contribution in [0.3, 0.4) is 0 Å². The molecule has 0 aliphatic rings. The van der Waals surface area contributed by atoms with Crippen LogP contribution in [0.5, 0.6) is 0 Å². The molecule has 0 unspecified atom stereocenters. The molecule has 0 fully saturated rings. The molecule has 0 radical (unpaired) electrons. The molecule has 0 saturated heterocycles. The second kappa shape index (κ2) is 6.15. The smallest absolute Gasteiger partial charge is 0.166 e. The predicted octanol–water partition coefficient (Wildman–Crippen LogP) is 7.31. The summed E-state index contributed by atoms with van der Waals surface area (Å²) in [4.78, 5) is 0. The Labute approximate surface area is 144 Å². The first-order valence-corrected chi connectivity index (χ1v) is 7.33. The molecule has 0 aromatic heterocycles. The van der Waals surface area contributed by atoms with Crippen LogP contribution < -0.4 is 0 Å². The Morgan fingerprint density at radius 1 is 0.792 bits per heavy atom. The van der Waals surface area contributed by atoms with Crippen molar-refractivity contribution in [1.29, 1.82) is 0 Å². The van der Waals surface area contributed by atoms with Gasteiger partial charge in [-0.25, -0.2) is 0 Å². The molecule has 0 bridgehead atoms. The molecule has 2 rings (SSSR count). The first-order valence-electron chi connectivity index (χ1n) is 6.58. The molecule has 0 aliphatic heterocycles. The Morgan fingerprint density at radius 3 is 1.88 bits per heavy atom. The van der Waals surface area contributed by atoms with Crippen LogP contribution in [0.2, 0.25) is 10.0 Å². The van der Waals surface area contributed by atoms with E-state index in [2.05, 4.69) is 0 Å².